The predicted molar refractivity (Wildman–Crippen MR) is 106 cm³/mol. The lowest BCUT2D eigenvalue weighted by molar-refractivity contribution is 0.0679. The molecule has 27 heavy (non-hydrogen) atoms. The Hall–Kier alpha value is -2.31. The Morgan fingerprint density at radius 2 is 2.22 bits per heavy atom. The third kappa shape index (κ3) is 4.51. The molecule has 0 spiro atoms. The molecule has 1 aliphatic heterocycles. The Balaban J connectivity index is 0.00000210. The highest BCUT2D eigenvalue weighted by Crippen LogP contribution is 2.24. The normalized spacial score (nSPS) is 16.3. The summed E-state index contributed by atoms with van der Waals surface area (Å²) in [6.07, 6.45) is 8.23. The topological polar surface area (TPSA) is 54.1 Å². The summed E-state index contributed by atoms with van der Waals surface area (Å²) in [6.45, 7) is 4.23. The SMILES string of the molecule is Cc1nn(C)cc1-c1cncn1Cc1cccc(OCC2CCCO2)c1.Cl. The maximum Gasteiger partial charge on any atom is 0.119 e. The van der Waals surface area contributed by atoms with Crippen LogP contribution in [0.15, 0.2) is 43.0 Å². The maximum absolute atomic E-state index is 5.92. The third-order valence-electron chi connectivity index (χ3n) is 4.71. The van der Waals surface area contributed by atoms with E-state index in [1.807, 2.05) is 49.5 Å². The van der Waals surface area contributed by atoms with Crippen LogP contribution in [0.4, 0.5) is 0 Å². The average molecular weight is 389 g/mol. The number of aromatic nitrogens is 4. The van der Waals surface area contributed by atoms with Crippen LogP contribution >= 0.6 is 12.4 Å². The van der Waals surface area contributed by atoms with E-state index in [1.54, 1.807) is 0 Å². The fourth-order valence-electron chi connectivity index (χ4n) is 3.42. The van der Waals surface area contributed by atoms with E-state index >= 15 is 0 Å². The molecule has 6 nitrogen and oxygen atoms in total. The van der Waals surface area contributed by atoms with Crippen molar-refractivity contribution in [3.8, 4) is 17.0 Å². The first-order valence-electron chi connectivity index (χ1n) is 9.03. The highest BCUT2D eigenvalue weighted by molar-refractivity contribution is 5.85. The van der Waals surface area contributed by atoms with Gasteiger partial charge in [0.15, 0.2) is 0 Å². The van der Waals surface area contributed by atoms with Gasteiger partial charge in [0.05, 0.1) is 30.0 Å². The Morgan fingerprint density at radius 1 is 1.33 bits per heavy atom. The Bertz CT molecular complexity index is 884. The molecule has 2 aromatic heterocycles. The molecule has 1 atom stereocenters. The van der Waals surface area contributed by atoms with Gasteiger partial charge in [0.2, 0.25) is 0 Å². The minimum atomic E-state index is 0. The van der Waals surface area contributed by atoms with Crippen molar-refractivity contribution in [2.75, 3.05) is 13.2 Å². The zero-order valence-corrected chi connectivity index (χ0v) is 16.5. The second-order valence-electron chi connectivity index (χ2n) is 6.80. The summed E-state index contributed by atoms with van der Waals surface area (Å²) < 4.78 is 15.5. The quantitative estimate of drug-likeness (QED) is 0.647. The minimum Gasteiger partial charge on any atom is -0.491 e. The monoisotopic (exact) mass is 388 g/mol. The molecular weight excluding hydrogens is 364 g/mol. The lowest BCUT2D eigenvalue weighted by Crippen LogP contribution is -2.16. The summed E-state index contributed by atoms with van der Waals surface area (Å²) in [6, 6.07) is 8.23. The molecule has 0 radical (unpaired) electrons. The summed E-state index contributed by atoms with van der Waals surface area (Å²) in [5.41, 5.74) is 4.36. The second-order valence-corrected chi connectivity index (χ2v) is 6.80. The van der Waals surface area contributed by atoms with Gasteiger partial charge < -0.3 is 14.0 Å². The van der Waals surface area contributed by atoms with Crippen molar-refractivity contribution in [1.82, 2.24) is 19.3 Å². The van der Waals surface area contributed by atoms with E-state index in [2.05, 4.69) is 26.8 Å². The first-order chi connectivity index (χ1) is 12.7. The molecule has 1 saturated heterocycles. The van der Waals surface area contributed by atoms with Crippen molar-refractivity contribution in [3.05, 3.63) is 54.2 Å². The standard InChI is InChI=1S/C20H24N4O2.ClH/c1-15-19(12-23(2)22-15)20-10-21-14-24(20)11-16-5-3-6-17(9-16)26-13-18-7-4-8-25-18;/h3,5-6,9-10,12,14,18H,4,7-8,11,13H2,1-2H3;1H. The number of imidazole rings is 1. The Morgan fingerprint density at radius 3 is 2.96 bits per heavy atom. The summed E-state index contributed by atoms with van der Waals surface area (Å²) in [7, 11) is 1.94. The van der Waals surface area contributed by atoms with Crippen LogP contribution in [0.3, 0.4) is 0 Å². The number of hydrogen-bond donors (Lipinski definition) is 0. The number of nitrogens with zero attached hydrogens (tertiary/aromatic N) is 4. The Labute approximate surface area is 165 Å². The molecule has 0 N–H and O–H groups in total. The van der Waals surface area contributed by atoms with Gasteiger partial charge in [-0.25, -0.2) is 4.98 Å². The molecule has 0 bridgehead atoms. The number of hydrogen-bond acceptors (Lipinski definition) is 4. The number of aryl methyl sites for hydroxylation is 2. The van der Waals surface area contributed by atoms with E-state index in [0.717, 1.165) is 48.7 Å². The molecule has 3 aromatic rings. The molecule has 1 unspecified atom stereocenters. The fraction of sp³-hybridized carbons (Fsp3) is 0.400. The molecule has 1 aliphatic rings. The van der Waals surface area contributed by atoms with Crippen LogP contribution in [0, 0.1) is 6.92 Å². The van der Waals surface area contributed by atoms with Gasteiger partial charge in [0.25, 0.3) is 0 Å². The lowest BCUT2D eigenvalue weighted by atomic mass is 10.1. The summed E-state index contributed by atoms with van der Waals surface area (Å²) >= 11 is 0. The molecule has 0 amide bonds. The molecule has 7 heteroatoms. The van der Waals surface area contributed by atoms with Gasteiger partial charge in [-0.2, -0.15) is 5.10 Å². The van der Waals surface area contributed by atoms with Crippen molar-refractivity contribution in [2.24, 2.45) is 7.05 Å². The van der Waals surface area contributed by atoms with E-state index in [-0.39, 0.29) is 18.5 Å². The first kappa shape index (κ1) is 19.5. The van der Waals surface area contributed by atoms with Crippen molar-refractivity contribution in [1.29, 1.82) is 0 Å². The van der Waals surface area contributed by atoms with Gasteiger partial charge in [-0.3, -0.25) is 4.68 Å². The van der Waals surface area contributed by atoms with Gasteiger partial charge in [-0.05, 0) is 37.5 Å². The third-order valence-corrected chi connectivity index (χ3v) is 4.71. The van der Waals surface area contributed by atoms with Crippen molar-refractivity contribution >= 4 is 12.4 Å². The number of benzene rings is 1. The van der Waals surface area contributed by atoms with E-state index in [4.69, 9.17) is 9.47 Å². The lowest BCUT2D eigenvalue weighted by Gasteiger charge is -2.13. The van der Waals surface area contributed by atoms with Crippen LogP contribution in [0.25, 0.3) is 11.3 Å². The molecule has 4 rings (SSSR count). The van der Waals surface area contributed by atoms with E-state index in [9.17, 15) is 0 Å². The van der Waals surface area contributed by atoms with Crippen molar-refractivity contribution in [2.45, 2.75) is 32.4 Å². The molecule has 0 saturated carbocycles. The largest absolute Gasteiger partial charge is 0.491 e. The van der Waals surface area contributed by atoms with Crippen molar-refractivity contribution in [3.63, 3.8) is 0 Å². The van der Waals surface area contributed by atoms with E-state index in [0.29, 0.717) is 6.61 Å². The van der Waals surface area contributed by atoms with Gasteiger partial charge in [-0.15, -0.1) is 12.4 Å². The summed E-state index contributed by atoms with van der Waals surface area (Å²) in [5.74, 6) is 0.886. The molecular formula is C20H25ClN4O2. The zero-order chi connectivity index (χ0) is 17.9. The predicted octanol–water partition coefficient (Wildman–Crippen LogP) is 3.62. The highest BCUT2D eigenvalue weighted by atomic mass is 35.5. The number of ether oxygens (including phenoxy) is 2. The summed E-state index contributed by atoms with van der Waals surface area (Å²) in [5, 5.41) is 4.44. The smallest absolute Gasteiger partial charge is 0.119 e. The van der Waals surface area contributed by atoms with Gasteiger partial charge in [0.1, 0.15) is 12.4 Å². The van der Waals surface area contributed by atoms with E-state index in [1.165, 1.54) is 5.56 Å². The van der Waals surface area contributed by atoms with Gasteiger partial charge >= 0.3 is 0 Å². The van der Waals surface area contributed by atoms with Crippen LogP contribution in [-0.4, -0.2) is 38.6 Å². The van der Waals surface area contributed by atoms with Crippen LogP contribution in [0.1, 0.15) is 24.1 Å². The van der Waals surface area contributed by atoms with E-state index < -0.39 is 0 Å². The average Bonchev–Trinajstić information content (AvgIpc) is 3.35. The van der Waals surface area contributed by atoms with Gasteiger partial charge in [-0.1, -0.05) is 12.1 Å². The highest BCUT2D eigenvalue weighted by Gasteiger charge is 2.16. The maximum atomic E-state index is 5.92. The zero-order valence-electron chi connectivity index (χ0n) is 15.7. The Kier molecular flexibility index (Phi) is 6.19. The minimum absolute atomic E-state index is 0. The second kappa shape index (κ2) is 8.59. The number of rotatable bonds is 6. The first-order valence-corrected chi connectivity index (χ1v) is 9.03. The molecule has 0 aliphatic carbocycles. The molecule has 1 fully saturated rings. The van der Waals surface area contributed by atoms with Crippen molar-refractivity contribution < 1.29 is 9.47 Å². The van der Waals surface area contributed by atoms with Crippen LogP contribution < -0.4 is 4.74 Å². The van der Waals surface area contributed by atoms with Crippen LogP contribution in [0.2, 0.25) is 0 Å². The van der Waals surface area contributed by atoms with Gasteiger partial charge in [0, 0.05) is 32.0 Å². The van der Waals surface area contributed by atoms with Crippen LogP contribution in [0.5, 0.6) is 5.75 Å². The fourth-order valence-corrected chi connectivity index (χ4v) is 3.42. The number of halogens is 1. The summed E-state index contributed by atoms with van der Waals surface area (Å²) in [4.78, 5) is 4.33. The molecule has 144 valence electrons. The van der Waals surface area contributed by atoms with Crippen LogP contribution in [-0.2, 0) is 18.3 Å². The molecule has 3 heterocycles. The molecule has 1 aromatic carbocycles.